The van der Waals surface area contributed by atoms with Crippen molar-refractivity contribution in [2.24, 2.45) is 5.41 Å². The molecular formula is C17H22FNO. The van der Waals surface area contributed by atoms with Gasteiger partial charge in [-0.1, -0.05) is 12.8 Å². The Balaban J connectivity index is 1.79. The highest BCUT2D eigenvalue weighted by molar-refractivity contribution is 5.99. The zero-order valence-electron chi connectivity index (χ0n) is 12.1. The first-order chi connectivity index (χ1) is 9.60. The van der Waals surface area contributed by atoms with Crippen LogP contribution in [0, 0.1) is 11.2 Å². The molecule has 1 aliphatic carbocycles. The van der Waals surface area contributed by atoms with E-state index in [9.17, 15) is 9.18 Å². The summed E-state index contributed by atoms with van der Waals surface area (Å²) in [5, 5.41) is 0. The molecule has 1 spiro atoms. The van der Waals surface area contributed by atoms with Gasteiger partial charge in [0.1, 0.15) is 5.82 Å². The average Bonchev–Trinajstić information content (AvgIpc) is 2.88. The van der Waals surface area contributed by atoms with Gasteiger partial charge in [0.15, 0.2) is 5.78 Å². The zero-order valence-corrected chi connectivity index (χ0v) is 12.1. The molecule has 0 radical (unpaired) electrons. The number of piperidine rings is 1. The molecule has 1 saturated carbocycles. The summed E-state index contributed by atoms with van der Waals surface area (Å²) in [5.41, 5.74) is 1.99. The Labute approximate surface area is 120 Å². The fraction of sp³-hybridized carbons (Fsp3) is 0.588. The molecule has 1 aliphatic heterocycles. The quantitative estimate of drug-likeness (QED) is 0.754. The summed E-state index contributed by atoms with van der Waals surface area (Å²) in [4.78, 5) is 14.0. The van der Waals surface area contributed by atoms with Crippen LogP contribution in [-0.4, -0.2) is 18.9 Å². The Morgan fingerprint density at radius 2 is 1.80 bits per heavy atom. The number of hydrogen-bond donors (Lipinski definition) is 0. The van der Waals surface area contributed by atoms with Crippen molar-refractivity contribution in [2.75, 3.05) is 18.0 Å². The van der Waals surface area contributed by atoms with Gasteiger partial charge in [-0.25, -0.2) is 4.39 Å². The summed E-state index contributed by atoms with van der Waals surface area (Å²) in [5.74, 6) is -0.385. The summed E-state index contributed by atoms with van der Waals surface area (Å²) in [6.07, 6.45) is 7.89. The summed E-state index contributed by atoms with van der Waals surface area (Å²) < 4.78 is 13.3. The number of anilines is 1. The molecule has 2 nitrogen and oxygen atoms in total. The van der Waals surface area contributed by atoms with Crippen molar-refractivity contribution in [2.45, 2.75) is 45.4 Å². The van der Waals surface area contributed by atoms with Crippen molar-refractivity contribution >= 4 is 11.5 Å². The van der Waals surface area contributed by atoms with Gasteiger partial charge in [0, 0.05) is 24.3 Å². The van der Waals surface area contributed by atoms with Crippen LogP contribution in [0.25, 0.3) is 0 Å². The molecule has 108 valence electrons. The topological polar surface area (TPSA) is 20.3 Å². The Hall–Kier alpha value is -1.38. The van der Waals surface area contributed by atoms with Crippen LogP contribution in [0.5, 0.6) is 0 Å². The van der Waals surface area contributed by atoms with Crippen LogP contribution in [0.4, 0.5) is 10.1 Å². The van der Waals surface area contributed by atoms with Gasteiger partial charge in [0.25, 0.3) is 0 Å². The van der Waals surface area contributed by atoms with Crippen molar-refractivity contribution in [1.82, 2.24) is 0 Å². The summed E-state index contributed by atoms with van der Waals surface area (Å²) in [6.45, 7) is 3.50. The molecule has 3 rings (SSSR count). The summed E-state index contributed by atoms with van der Waals surface area (Å²) in [7, 11) is 0. The molecule has 0 unspecified atom stereocenters. The number of ketones is 1. The number of Topliss-reactive ketones (excluding diaryl/α,β-unsaturated/α-hetero) is 1. The average molecular weight is 275 g/mol. The molecule has 3 heteroatoms. The smallest absolute Gasteiger partial charge is 0.161 e. The van der Waals surface area contributed by atoms with Crippen LogP contribution < -0.4 is 4.90 Å². The van der Waals surface area contributed by atoms with Gasteiger partial charge in [-0.05, 0) is 56.2 Å². The second-order valence-electron chi connectivity index (χ2n) is 6.41. The van der Waals surface area contributed by atoms with E-state index in [4.69, 9.17) is 0 Å². The number of carbonyl (C=O) groups excluding carboxylic acids is 1. The van der Waals surface area contributed by atoms with E-state index in [0.29, 0.717) is 11.0 Å². The number of rotatable bonds is 2. The Kier molecular flexibility index (Phi) is 3.53. The van der Waals surface area contributed by atoms with E-state index in [1.165, 1.54) is 57.6 Å². The zero-order chi connectivity index (χ0) is 14.2. The number of carbonyl (C=O) groups is 1. The molecule has 1 aromatic rings. The molecule has 2 aliphatic rings. The fourth-order valence-corrected chi connectivity index (χ4v) is 3.91. The number of benzene rings is 1. The van der Waals surface area contributed by atoms with Crippen molar-refractivity contribution in [3.63, 3.8) is 0 Å². The molecule has 1 aromatic carbocycles. The van der Waals surface area contributed by atoms with Gasteiger partial charge in [-0.15, -0.1) is 0 Å². The van der Waals surface area contributed by atoms with Crippen molar-refractivity contribution in [3.8, 4) is 0 Å². The third-order valence-electron chi connectivity index (χ3n) is 5.17. The third kappa shape index (κ3) is 2.46. The maximum absolute atomic E-state index is 13.3. The van der Waals surface area contributed by atoms with Crippen LogP contribution in [0.1, 0.15) is 55.8 Å². The van der Waals surface area contributed by atoms with E-state index < -0.39 is 0 Å². The first-order valence-corrected chi connectivity index (χ1v) is 7.65. The highest BCUT2D eigenvalue weighted by Crippen LogP contribution is 2.46. The maximum Gasteiger partial charge on any atom is 0.161 e. The van der Waals surface area contributed by atoms with E-state index in [2.05, 4.69) is 4.90 Å². The molecule has 20 heavy (non-hydrogen) atoms. The van der Waals surface area contributed by atoms with Gasteiger partial charge < -0.3 is 4.90 Å². The highest BCUT2D eigenvalue weighted by Gasteiger charge is 2.37. The number of hydrogen-bond acceptors (Lipinski definition) is 2. The molecule has 1 saturated heterocycles. The van der Waals surface area contributed by atoms with Gasteiger partial charge in [0.05, 0.1) is 0 Å². The lowest BCUT2D eigenvalue weighted by atomic mass is 9.77. The van der Waals surface area contributed by atoms with Crippen molar-refractivity contribution in [1.29, 1.82) is 0 Å². The predicted octanol–water partition coefficient (Wildman–Crippen LogP) is 4.19. The lowest BCUT2D eigenvalue weighted by molar-refractivity contribution is 0.101. The third-order valence-corrected chi connectivity index (χ3v) is 5.17. The molecular weight excluding hydrogens is 253 g/mol. The maximum atomic E-state index is 13.3. The largest absolute Gasteiger partial charge is 0.371 e. The van der Waals surface area contributed by atoms with E-state index in [-0.39, 0.29) is 11.6 Å². The Morgan fingerprint density at radius 3 is 2.40 bits per heavy atom. The fourth-order valence-electron chi connectivity index (χ4n) is 3.91. The Bertz CT molecular complexity index is 510. The van der Waals surface area contributed by atoms with Crippen LogP contribution in [0.15, 0.2) is 18.2 Å². The minimum atomic E-state index is -0.330. The lowest BCUT2D eigenvalue weighted by Crippen LogP contribution is -2.39. The van der Waals surface area contributed by atoms with Crippen LogP contribution >= 0.6 is 0 Å². The minimum Gasteiger partial charge on any atom is -0.371 e. The molecule has 0 bridgehead atoms. The monoisotopic (exact) mass is 275 g/mol. The minimum absolute atomic E-state index is 0.0550. The molecule has 0 N–H and O–H groups in total. The molecule has 1 heterocycles. The second-order valence-corrected chi connectivity index (χ2v) is 6.41. The van der Waals surface area contributed by atoms with Gasteiger partial charge in [-0.3, -0.25) is 4.79 Å². The molecule has 0 amide bonds. The van der Waals surface area contributed by atoms with E-state index in [0.717, 1.165) is 18.8 Å². The van der Waals surface area contributed by atoms with E-state index in [1.54, 1.807) is 6.07 Å². The van der Waals surface area contributed by atoms with Crippen LogP contribution in [-0.2, 0) is 0 Å². The second kappa shape index (κ2) is 5.19. The van der Waals surface area contributed by atoms with E-state index >= 15 is 0 Å². The normalized spacial score (nSPS) is 21.4. The number of halogens is 1. The molecule has 0 aromatic heterocycles. The predicted molar refractivity (Wildman–Crippen MR) is 78.8 cm³/mol. The standard InChI is InChI=1S/C17H22FNO/c1-13(20)15-12-14(18)4-5-16(15)19-10-8-17(9-11-19)6-2-3-7-17/h4-5,12H,2-3,6-11H2,1H3. The van der Waals surface area contributed by atoms with Gasteiger partial charge >= 0.3 is 0 Å². The summed E-state index contributed by atoms with van der Waals surface area (Å²) >= 11 is 0. The molecule has 0 atom stereocenters. The highest BCUT2D eigenvalue weighted by atomic mass is 19.1. The molecule has 2 fully saturated rings. The lowest BCUT2D eigenvalue weighted by Gasteiger charge is -2.41. The van der Waals surface area contributed by atoms with Crippen molar-refractivity contribution < 1.29 is 9.18 Å². The van der Waals surface area contributed by atoms with E-state index in [1.807, 2.05) is 0 Å². The number of nitrogens with zero attached hydrogens (tertiary/aromatic N) is 1. The first-order valence-electron chi connectivity index (χ1n) is 7.65. The summed E-state index contributed by atoms with van der Waals surface area (Å²) in [6, 6.07) is 4.60. The van der Waals surface area contributed by atoms with Crippen LogP contribution in [0.2, 0.25) is 0 Å². The van der Waals surface area contributed by atoms with Crippen molar-refractivity contribution in [3.05, 3.63) is 29.6 Å². The first kappa shape index (κ1) is 13.6. The SMILES string of the molecule is CC(=O)c1cc(F)ccc1N1CCC2(CCCC2)CC1. The Morgan fingerprint density at radius 1 is 1.15 bits per heavy atom. The van der Waals surface area contributed by atoms with Crippen LogP contribution in [0.3, 0.4) is 0 Å². The van der Waals surface area contributed by atoms with Gasteiger partial charge in [-0.2, -0.15) is 0 Å². The van der Waals surface area contributed by atoms with Gasteiger partial charge in [0.2, 0.25) is 0 Å².